The third kappa shape index (κ3) is 5.55. The lowest BCUT2D eigenvalue weighted by Gasteiger charge is -2.61. The lowest BCUT2D eigenvalue weighted by Crippen LogP contribution is -2.55. The topological polar surface area (TPSA) is 26.3 Å². The number of carbonyl (C=O) groups excluding carboxylic acids is 1. The number of ketones is 1. The van der Waals surface area contributed by atoms with E-state index in [9.17, 15) is 35.5 Å². The van der Waals surface area contributed by atoms with Crippen molar-refractivity contribution >= 4 is 14.1 Å². The van der Waals surface area contributed by atoms with Crippen molar-refractivity contribution in [3.63, 3.8) is 0 Å². The SMILES string of the molecule is [2H][C@H](C[C@@H](C)[C@H]1CC(=O)[C@H]2[C@@H]3CC[C@H]4C[C@@H](O[Si](C)(C)C)CC[C@]4(C)[C@H]3CC[C@]12C)CC(F)(C(F)(F)F)C(F)(F)F. The van der Waals surface area contributed by atoms with Crippen LogP contribution in [0, 0.1) is 46.3 Å². The Morgan fingerprint density at radius 1 is 0.975 bits per heavy atom. The minimum Gasteiger partial charge on any atom is -0.415 e. The van der Waals surface area contributed by atoms with Crippen LogP contribution >= 0.6 is 0 Å². The molecule has 0 bridgehead atoms. The fourth-order valence-electron chi connectivity index (χ4n) is 9.61. The predicted octanol–water partition coefficient (Wildman–Crippen LogP) is 9.68. The Kier molecular flexibility index (Phi) is 8.10. The number of hydrogen-bond donors (Lipinski definition) is 0. The third-order valence-corrected chi connectivity index (χ3v) is 12.6. The zero-order valence-corrected chi connectivity index (χ0v) is 25.7. The number of halogens is 7. The monoisotopic (exact) mass is 601 g/mol. The maximum absolute atomic E-state index is 14.3. The number of Topliss-reactive ketones (excluding diaryl/α,β-unsaturated/α-hetero) is 1. The molecule has 0 radical (unpaired) electrons. The summed E-state index contributed by atoms with van der Waals surface area (Å²) in [6, 6.07) is 0. The number of fused-ring (bicyclic) bond motifs is 5. The molecule has 232 valence electrons. The molecule has 0 aromatic heterocycles. The van der Waals surface area contributed by atoms with Crippen LogP contribution < -0.4 is 0 Å². The lowest BCUT2D eigenvalue weighted by molar-refractivity contribution is -0.343. The molecule has 10 heteroatoms. The van der Waals surface area contributed by atoms with E-state index in [0.29, 0.717) is 17.9 Å². The van der Waals surface area contributed by atoms with Crippen LogP contribution in [0.5, 0.6) is 0 Å². The standard InChI is InChI=1S/C30H47F7O2Si/c1-18(8-7-13-28(31,29(32,33)34)30(35,36)37)23-17-24(38)25-21-10-9-19-16-20(39-40(4,5)6)11-14-26(19,2)22(21)12-15-27(23,25)3/h18-23,25H,7-17H2,1-6H3/t18-,19+,20+,21-,22+,23-,25-,26+,27-/m1/s1/i7D/t7-,18-,19+,20+,21-,22+,23-,25-,26+,27-. The Morgan fingerprint density at radius 2 is 1.57 bits per heavy atom. The van der Waals surface area contributed by atoms with E-state index < -0.39 is 50.5 Å². The number of hydrogen-bond acceptors (Lipinski definition) is 2. The first-order chi connectivity index (χ1) is 18.5. The minimum absolute atomic E-state index is 0.124. The van der Waals surface area contributed by atoms with Gasteiger partial charge < -0.3 is 4.43 Å². The molecule has 4 aliphatic carbocycles. The molecule has 4 fully saturated rings. The molecule has 0 aromatic rings. The lowest BCUT2D eigenvalue weighted by atomic mass is 9.44. The summed E-state index contributed by atoms with van der Waals surface area (Å²) < 4.78 is 107. The van der Waals surface area contributed by atoms with E-state index in [1.165, 1.54) is 0 Å². The van der Waals surface area contributed by atoms with E-state index >= 15 is 0 Å². The highest BCUT2D eigenvalue weighted by molar-refractivity contribution is 6.69. The molecule has 2 nitrogen and oxygen atoms in total. The molecule has 0 saturated heterocycles. The van der Waals surface area contributed by atoms with Gasteiger partial charge in [-0.25, -0.2) is 4.39 Å². The first kappa shape index (κ1) is 30.8. The molecule has 0 aromatic carbocycles. The minimum atomic E-state index is -6.15. The van der Waals surface area contributed by atoms with Crippen molar-refractivity contribution in [2.75, 3.05) is 0 Å². The molecule has 0 amide bonds. The summed E-state index contributed by atoms with van der Waals surface area (Å²) in [6.45, 7) is 12.8. The highest BCUT2D eigenvalue weighted by Gasteiger charge is 2.72. The van der Waals surface area contributed by atoms with Crippen molar-refractivity contribution < 1.29 is 41.3 Å². The number of alkyl halides is 7. The maximum atomic E-state index is 14.3. The summed E-state index contributed by atoms with van der Waals surface area (Å²) in [6.07, 6.45) is -9.15. The summed E-state index contributed by atoms with van der Waals surface area (Å²) in [4.78, 5) is 13.6. The Bertz CT molecular complexity index is 967. The second-order valence-electron chi connectivity index (χ2n) is 15.0. The highest BCUT2D eigenvalue weighted by Crippen LogP contribution is 2.67. The van der Waals surface area contributed by atoms with Gasteiger partial charge in [0.15, 0.2) is 8.32 Å². The molecule has 4 rings (SSSR count). The van der Waals surface area contributed by atoms with Crippen molar-refractivity contribution in [3.05, 3.63) is 0 Å². The van der Waals surface area contributed by atoms with Gasteiger partial charge >= 0.3 is 12.4 Å². The van der Waals surface area contributed by atoms with E-state index in [1.807, 2.05) is 0 Å². The molecule has 0 aliphatic heterocycles. The molecule has 0 unspecified atom stereocenters. The quantitative estimate of drug-likeness (QED) is 0.215. The zero-order valence-electron chi connectivity index (χ0n) is 25.7. The zero-order chi connectivity index (χ0) is 31.0. The van der Waals surface area contributed by atoms with E-state index in [0.717, 1.165) is 44.9 Å². The van der Waals surface area contributed by atoms with Crippen LogP contribution in [0.1, 0.15) is 92.7 Å². The summed E-state index contributed by atoms with van der Waals surface area (Å²) in [5.41, 5.74) is -5.71. The number of carbonyl (C=O) groups is 1. The maximum Gasteiger partial charge on any atom is 0.431 e. The Hall–Kier alpha value is -0.643. The van der Waals surface area contributed by atoms with Crippen LogP contribution in [0.3, 0.4) is 0 Å². The first-order valence-corrected chi connectivity index (χ1v) is 18.4. The van der Waals surface area contributed by atoms with Crippen molar-refractivity contribution in [1.29, 1.82) is 0 Å². The third-order valence-electron chi connectivity index (χ3n) is 11.5. The van der Waals surface area contributed by atoms with Crippen LogP contribution in [0.15, 0.2) is 0 Å². The molecule has 0 heterocycles. The molecule has 4 aliphatic rings. The van der Waals surface area contributed by atoms with Gasteiger partial charge in [-0.2, -0.15) is 26.3 Å². The summed E-state index contributed by atoms with van der Waals surface area (Å²) in [5.74, 6) is 0.406. The van der Waals surface area contributed by atoms with Gasteiger partial charge in [-0.15, -0.1) is 0 Å². The fraction of sp³-hybridized carbons (Fsp3) is 0.967. The second-order valence-corrected chi connectivity index (χ2v) is 19.4. The first-order valence-electron chi connectivity index (χ1n) is 15.6. The summed E-state index contributed by atoms with van der Waals surface area (Å²) >= 11 is 0. The highest BCUT2D eigenvalue weighted by atomic mass is 28.4. The van der Waals surface area contributed by atoms with Crippen LogP contribution in [0.4, 0.5) is 30.7 Å². The molecule has 0 spiro atoms. The van der Waals surface area contributed by atoms with Crippen LogP contribution in [-0.2, 0) is 9.22 Å². The van der Waals surface area contributed by atoms with Gasteiger partial charge in [0.05, 0.1) is 0 Å². The van der Waals surface area contributed by atoms with Gasteiger partial charge in [-0.3, -0.25) is 4.79 Å². The van der Waals surface area contributed by atoms with E-state index in [2.05, 4.69) is 33.5 Å². The largest absolute Gasteiger partial charge is 0.431 e. The van der Waals surface area contributed by atoms with Crippen molar-refractivity contribution in [3.8, 4) is 0 Å². The molecule has 0 N–H and O–H groups in total. The normalized spacial score (nSPS) is 41.0. The molecule has 10 atom stereocenters. The van der Waals surface area contributed by atoms with Gasteiger partial charge in [0.1, 0.15) is 5.78 Å². The van der Waals surface area contributed by atoms with Crippen molar-refractivity contribution in [1.82, 2.24) is 0 Å². The second kappa shape index (κ2) is 10.5. The van der Waals surface area contributed by atoms with E-state index in [-0.39, 0.29) is 41.8 Å². The summed E-state index contributed by atoms with van der Waals surface area (Å²) in [7, 11) is -1.65. The van der Waals surface area contributed by atoms with Gasteiger partial charge in [0.25, 0.3) is 5.67 Å². The molecular weight excluding hydrogens is 553 g/mol. The van der Waals surface area contributed by atoms with Crippen molar-refractivity contribution in [2.45, 2.75) is 135 Å². The van der Waals surface area contributed by atoms with E-state index in [4.69, 9.17) is 5.80 Å². The Balaban J connectivity index is 1.47. The van der Waals surface area contributed by atoms with Gasteiger partial charge in [0.2, 0.25) is 0 Å². The predicted molar refractivity (Wildman–Crippen MR) is 143 cm³/mol. The van der Waals surface area contributed by atoms with Crippen LogP contribution in [0.2, 0.25) is 19.6 Å². The van der Waals surface area contributed by atoms with Crippen LogP contribution in [0.25, 0.3) is 0 Å². The average molecular weight is 602 g/mol. The van der Waals surface area contributed by atoms with Crippen molar-refractivity contribution in [2.24, 2.45) is 46.3 Å². The van der Waals surface area contributed by atoms with E-state index in [1.54, 1.807) is 6.92 Å². The molecule has 4 saturated carbocycles. The molecule has 40 heavy (non-hydrogen) atoms. The molecular formula is C30H47F7O2Si. The Labute approximate surface area is 237 Å². The van der Waals surface area contributed by atoms with Gasteiger partial charge in [0, 0.05) is 19.8 Å². The Morgan fingerprint density at radius 3 is 2.15 bits per heavy atom. The van der Waals surface area contributed by atoms with Gasteiger partial charge in [-0.1, -0.05) is 27.2 Å². The average Bonchev–Trinajstić information content (AvgIpc) is 3.07. The van der Waals surface area contributed by atoms with Crippen LogP contribution in [-0.4, -0.2) is 38.2 Å². The smallest absolute Gasteiger partial charge is 0.415 e. The van der Waals surface area contributed by atoms with Gasteiger partial charge in [-0.05, 0) is 118 Å². The summed E-state index contributed by atoms with van der Waals surface area (Å²) in [5, 5.41) is 0. The fourth-order valence-corrected chi connectivity index (χ4v) is 10.8. The number of rotatable bonds is 7.